The van der Waals surface area contributed by atoms with Crippen LogP contribution < -0.4 is 0 Å². The second-order valence-corrected chi connectivity index (χ2v) is 2.23. The van der Waals surface area contributed by atoms with Crippen molar-refractivity contribution in [3.05, 3.63) is 18.2 Å². The van der Waals surface area contributed by atoms with Gasteiger partial charge in [0.2, 0.25) is 0 Å². The number of esters is 1. The molecule has 4 nitrogen and oxygen atoms in total. The van der Waals surface area contributed by atoms with Crippen molar-refractivity contribution < 1.29 is 9.53 Å². The largest absolute Gasteiger partial charge is 0.458 e. The Labute approximate surface area is 64.8 Å². The Morgan fingerprint density at radius 2 is 2.55 bits per heavy atom. The lowest BCUT2D eigenvalue weighted by Crippen LogP contribution is -2.03. The van der Waals surface area contributed by atoms with E-state index in [1.807, 2.05) is 11.6 Å². The van der Waals surface area contributed by atoms with Crippen LogP contribution in [0.1, 0.15) is 12.7 Å². The molecule has 0 saturated carbocycles. The summed E-state index contributed by atoms with van der Waals surface area (Å²) in [6.45, 7) is 1.63. The lowest BCUT2D eigenvalue weighted by molar-refractivity contribution is -0.142. The van der Waals surface area contributed by atoms with Crippen molar-refractivity contribution in [2.24, 2.45) is 7.05 Å². The molecule has 0 fully saturated rings. The summed E-state index contributed by atoms with van der Waals surface area (Å²) in [7, 11) is 1.85. The molecule has 4 heteroatoms. The standard InChI is InChI=1S/C7H10N2O2/c1-6(10)11-5-7-8-3-4-9(7)2/h3-4H,5H2,1-2H3. The fourth-order valence-electron chi connectivity index (χ4n) is 0.702. The van der Waals surface area contributed by atoms with E-state index in [4.69, 9.17) is 4.74 Å². The van der Waals surface area contributed by atoms with Gasteiger partial charge in [0.25, 0.3) is 0 Å². The number of imidazole rings is 1. The first-order valence-electron chi connectivity index (χ1n) is 3.29. The molecule has 0 radical (unpaired) electrons. The molecule has 1 heterocycles. The fourth-order valence-corrected chi connectivity index (χ4v) is 0.702. The predicted octanol–water partition coefficient (Wildman–Crippen LogP) is 0.483. The minimum atomic E-state index is -0.284. The molecule has 0 atom stereocenters. The first kappa shape index (κ1) is 7.78. The lowest BCUT2D eigenvalue weighted by Gasteiger charge is -2.00. The SMILES string of the molecule is CC(=O)OCc1nccn1C. The second kappa shape index (κ2) is 3.18. The lowest BCUT2D eigenvalue weighted by atomic mass is 10.6. The van der Waals surface area contributed by atoms with Crippen molar-refractivity contribution in [2.75, 3.05) is 0 Å². The molecule has 1 aromatic rings. The van der Waals surface area contributed by atoms with E-state index >= 15 is 0 Å². The maximum absolute atomic E-state index is 10.4. The summed E-state index contributed by atoms with van der Waals surface area (Å²) in [5.41, 5.74) is 0. The van der Waals surface area contributed by atoms with E-state index in [0.29, 0.717) is 0 Å². The first-order chi connectivity index (χ1) is 5.20. The smallest absolute Gasteiger partial charge is 0.303 e. The van der Waals surface area contributed by atoms with Gasteiger partial charge in [-0.3, -0.25) is 4.79 Å². The highest BCUT2D eigenvalue weighted by Crippen LogP contribution is 1.96. The summed E-state index contributed by atoms with van der Waals surface area (Å²) in [6.07, 6.45) is 3.47. The molecule has 0 unspecified atom stereocenters. The summed E-state index contributed by atoms with van der Waals surface area (Å²) in [4.78, 5) is 14.4. The van der Waals surface area contributed by atoms with Gasteiger partial charge < -0.3 is 9.30 Å². The number of carbonyl (C=O) groups excluding carboxylic acids is 1. The van der Waals surface area contributed by atoms with E-state index < -0.39 is 0 Å². The molecule has 60 valence electrons. The molecule has 0 spiro atoms. The van der Waals surface area contributed by atoms with Gasteiger partial charge in [-0.2, -0.15) is 0 Å². The van der Waals surface area contributed by atoms with Crippen molar-refractivity contribution in [1.82, 2.24) is 9.55 Å². The van der Waals surface area contributed by atoms with Crippen LogP contribution in [0.2, 0.25) is 0 Å². The van der Waals surface area contributed by atoms with Gasteiger partial charge in [0, 0.05) is 26.4 Å². The van der Waals surface area contributed by atoms with Gasteiger partial charge in [-0.05, 0) is 0 Å². The van der Waals surface area contributed by atoms with Crippen LogP contribution in [0, 0.1) is 0 Å². The molecule has 0 amide bonds. The van der Waals surface area contributed by atoms with Crippen molar-refractivity contribution >= 4 is 5.97 Å². The number of aromatic nitrogens is 2. The zero-order valence-electron chi connectivity index (χ0n) is 6.57. The Morgan fingerprint density at radius 1 is 1.82 bits per heavy atom. The van der Waals surface area contributed by atoms with Gasteiger partial charge >= 0.3 is 5.97 Å². The summed E-state index contributed by atoms with van der Waals surface area (Å²) in [5.74, 6) is 0.466. The maximum Gasteiger partial charge on any atom is 0.303 e. The highest BCUT2D eigenvalue weighted by Gasteiger charge is 1.99. The number of carbonyl (C=O) groups is 1. The van der Waals surface area contributed by atoms with Crippen molar-refractivity contribution in [2.45, 2.75) is 13.5 Å². The summed E-state index contributed by atoms with van der Waals surface area (Å²) in [5, 5.41) is 0. The monoisotopic (exact) mass is 154 g/mol. The molecular weight excluding hydrogens is 144 g/mol. The van der Waals surface area contributed by atoms with Crippen LogP contribution in [0.4, 0.5) is 0 Å². The topological polar surface area (TPSA) is 44.1 Å². The molecule has 0 bridgehead atoms. The Kier molecular flexibility index (Phi) is 2.25. The summed E-state index contributed by atoms with van der Waals surface area (Å²) in [6, 6.07) is 0. The van der Waals surface area contributed by atoms with Crippen LogP contribution >= 0.6 is 0 Å². The predicted molar refractivity (Wildman–Crippen MR) is 38.7 cm³/mol. The molecule has 11 heavy (non-hydrogen) atoms. The second-order valence-electron chi connectivity index (χ2n) is 2.23. The van der Waals surface area contributed by atoms with Crippen molar-refractivity contribution in [1.29, 1.82) is 0 Å². The van der Waals surface area contributed by atoms with Crippen LogP contribution in [0.25, 0.3) is 0 Å². The third-order valence-corrected chi connectivity index (χ3v) is 1.33. The number of hydrogen-bond acceptors (Lipinski definition) is 3. The van der Waals surface area contributed by atoms with Crippen LogP contribution in [-0.2, 0) is 23.2 Å². The molecule has 0 aromatic carbocycles. The zero-order chi connectivity index (χ0) is 8.27. The third-order valence-electron chi connectivity index (χ3n) is 1.33. The van der Waals surface area contributed by atoms with Crippen LogP contribution in [0.15, 0.2) is 12.4 Å². The van der Waals surface area contributed by atoms with E-state index in [-0.39, 0.29) is 12.6 Å². The van der Waals surface area contributed by atoms with E-state index in [0.717, 1.165) is 5.82 Å². The average molecular weight is 154 g/mol. The Morgan fingerprint density at radius 3 is 3.00 bits per heavy atom. The fraction of sp³-hybridized carbons (Fsp3) is 0.429. The van der Waals surface area contributed by atoms with Gasteiger partial charge in [0.15, 0.2) is 0 Å². The molecular formula is C7H10N2O2. The number of hydrogen-bond donors (Lipinski definition) is 0. The Bertz CT molecular complexity index is 255. The molecule has 0 N–H and O–H groups in total. The molecule has 1 rings (SSSR count). The van der Waals surface area contributed by atoms with Gasteiger partial charge in [-0.15, -0.1) is 0 Å². The minimum Gasteiger partial charge on any atom is -0.458 e. The van der Waals surface area contributed by atoms with E-state index in [2.05, 4.69) is 4.98 Å². The van der Waals surface area contributed by atoms with Gasteiger partial charge in [-0.1, -0.05) is 0 Å². The third kappa shape index (κ3) is 2.07. The Hall–Kier alpha value is -1.32. The highest BCUT2D eigenvalue weighted by molar-refractivity contribution is 5.65. The van der Waals surface area contributed by atoms with Crippen LogP contribution in [0.3, 0.4) is 0 Å². The van der Waals surface area contributed by atoms with Crippen molar-refractivity contribution in [3.63, 3.8) is 0 Å². The number of rotatable bonds is 2. The first-order valence-corrected chi connectivity index (χ1v) is 3.29. The summed E-state index contributed by atoms with van der Waals surface area (Å²) < 4.78 is 6.55. The van der Waals surface area contributed by atoms with Gasteiger partial charge in [-0.25, -0.2) is 4.98 Å². The number of ether oxygens (including phenoxy) is 1. The molecule has 0 aliphatic heterocycles. The molecule has 0 aliphatic carbocycles. The number of aryl methyl sites for hydroxylation is 1. The van der Waals surface area contributed by atoms with Gasteiger partial charge in [0.05, 0.1) is 0 Å². The molecule has 1 aromatic heterocycles. The van der Waals surface area contributed by atoms with E-state index in [1.165, 1.54) is 6.92 Å². The average Bonchev–Trinajstić information content (AvgIpc) is 2.31. The van der Waals surface area contributed by atoms with Crippen molar-refractivity contribution in [3.8, 4) is 0 Å². The highest BCUT2D eigenvalue weighted by atomic mass is 16.5. The van der Waals surface area contributed by atoms with Crippen LogP contribution in [-0.4, -0.2) is 15.5 Å². The minimum absolute atomic E-state index is 0.249. The van der Waals surface area contributed by atoms with Crippen LogP contribution in [0.5, 0.6) is 0 Å². The Balaban J connectivity index is 2.51. The number of nitrogens with zero attached hydrogens (tertiary/aromatic N) is 2. The van der Waals surface area contributed by atoms with E-state index in [1.54, 1.807) is 12.4 Å². The molecule has 0 saturated heterocycles. The van der Waals surface area contributed by atoms with E-state index in [9.17, 15) is 4.79 Å². The quantitative estimate of drug-likeness (QED) is 0.582. The summed E-state index contributed by atoms with van der Waals surface area (Å²) >= 11 is 0. The zero-order valence-corrected chi connectivity index (χ0v) is 6.57. The molecule has 0 aliphatic rings. The maximum atomic E-state index is 10.4. The normalized spacial score (nSPS) is 9.64. The van der Waals surface area contributed by atoms with Gasteiger partial charge in [0.1, 0.15) is 12.4 Å².